The van der Waals surface area contributed by atoms with Crippen LogP contribution in [0.2, 0.25) is 0 Å². The molecule has 0 rings (SSSR count). The number of unbranched alkanes of at least 4 members (excludes halogenated alkanes) is 14. The van der Waals surface area contributed by atoms with Crippen molar-refractivity contribution in [1.82, 2.24) is 4.90 Å². The van der Waals surface area contributed by atoms with Crippen molar-refractivity contribution in [2.45, 2.75) is 131 Å². The molecule has 0 heterocycles. The monoisotopic (exact) mass is 455 g/mol. The Balaban J connectivity index is 3.52. The van der Waals surface area contributed by atoms with Crippen LogP contribution in [0.25, 0.3) is 0 Å². The first-order valence-corrected chi connectivity index (χ1v) is 13.4. The summed E-state index contributed by atoms with van der Waals surface area (Å²) >= 11 is 0. The van der Waals surface area contributed by atoms with Crippen molar-refractivity contribution in [3.63, 3.8) is 0 Å². The molecule has 0 bridgehead atoms. The highest BCUT2D eigenvalue weighted by atomic mass is 16.6. The predicted octanol–water partition coefficient (Wildman–Crippen LogP) is 7.91. The van der Waals surface area contributed by atoms with Crippen LogP contribution >= 0.6 is 0 Å². The van der Waals surface area contributed by atoms with Gasteiger partial charge in [0.15, 0.2) is 0 Å². The number of hydrogen-bond donors (Lipinski definition) is 0. The van der Waals surface area contributed by atoms with Gasteiger partial charge in [0.25, 0.3) is 0 Å². The van der Waals surface area contributed by atoms with Gasteiger partial charge in [0.2, 0.25) is 0 Å². The van der Waals surface area contributed by atoms with Crippen LogP contribution in [-0.2, 0) is 14.3 Å². The second-order valence-electron chi connectivity index (χ2n) is 10.3. The lowest BCUT2D eigenvalue weighted by Crippen LogP contribution is -2.38. The van der Waals surface area contributed by atoms with Crippen molar-refractivity contribution < 1.29 is 19.1 Å². The van der Waals surface area contributed by atoms with Gasteiger partial charge < -0.3 is 9.47 Å². The molecule has 0 saturated heterocycles. The highest BCUT2D eigenvalue weighted by Gasteiger charge is 2.20. The van der Waals surface area contributed by atoms with Gasteiger partial charge in [-0.25, -0.2) is 4.79 Å². The molecule has 0 aromatic carbocycles. The molecule has 0 aliphatic carbocycles. The topological polar surface area (TPSA) is 55.8 Å². The molecule has 0 spiro atoms. The molecule has 190 valence electrons. The molecule has 0 unspecified atom stereocenters. The van der Waals surface area contributed by atoms with Crippen molar-refractivity contribution in [2.75, 3.05) is 26.3 Å². The minimum absolute atomic E-state index is 0.0434. The molecule has 0 saturated carbocycles. The molecular formula is C27H53NO4. The first kappa shape index (κ1) is 30.7. The SMILES string of the molecule is CCCCCCCCCCCCCCCCCOC(=O)CN(CC)C(=O)OCC(C)(C)C. The summed E-state index contributed by atoms with van der Waals surface area (Å²) in [5.74, 6) is -0.357. The second kappa shape index (κ2) is 20.4. The first-order chi connectivity index (χ1) is 15.3. The zero-order chi connectivity index (χ0) is 24.1. The minimum atomic E-state index is -0.452. The fourth-order valence-corrected chi connectivity index (χ4v) is 3.54. The third-order valence-corrected chi connectivity index (χ3v) is 5.60. The Morgan fingerprint density at radius 3 is 1.50 bits per heavy atom. The molecule has 5 nitrogen and oxygen atoms in total. The van der Waals surface area contributed by atoms with Crippen molar-refractivity contribution in [2.24, 2.45) is 5.41 Å². The maximum Gasteiger partial charge on any atom is 0.410 e. The molecule has 0 radical (unpaired) electrons. The van der Waals surface area contributed by atoms with Crippen molar-refractivity contribution >= 4 is 12.1 Å². The number of amides is 1. The van der Waals surface area contributed by atoms with Gasteiger partial charge in [0.1, 0.15) is 6.54 Å². The summed E-state index contributed by atoms with van der Waals surface area (Å²) < 4.78 is 10.6. The van der Waals surface area contributed by atoms with E-state index in [0.717, 1.165) is 12.8 Å². The summed E-state index contributed by atoms with van der Waals surface area (Å²) in [6, 6.07) is 0. The van der Waals surface area contributed by atoms with Crippen LogP contribution in [0.3, 0.4) is 0 Å². The van der Waals surface area contributed by atoms with E-state index >= 15 is 0 Å². The summed E-state index contributed by atoms with van der Waals surface area (Å²) in [7, 11) is 0. The van der Waals surface area contributed by atoms with Gasteiger partial charge in [-0.2, -0.15) is 0 Å². The summed E-state index contributed by atoms with van der Waals surface area (Å²) in [6.45, 7) is 11.3. The van der Waals surface area contributed by atoms with Crippen LogP contribution in [0, 0.1) is 5.41 Å². The zero-order valence-corrected chi connectivity index (χ0v) is 22.0. The van der Waals surface area contributed by atoms with E-state index in [9.17, 15) is 9.59 Å². The highest BCUT2D eigenvalue weighted by molar-refractivity contribution is 5.78. The largest absolute Gasteiger partial charge is 0.464 e. The van der Waals surface area contributed by atoms with Crippen LogP contribution in [0.1, 0.15) is 131 Å². The number of ether oxygens (including phenoxy) is 2. The van der Waals surface area contributed by atoms with Gasteiger partial charge in [0, 0.05) is 6.54 Å². The van der Waals surface area contributed by atoms with Crippen molar-refractivity contribution in [3.8, 4) is 0 Å². The Hall–Kier alpha value is -1.26. The molecule has 0 fully saturated rings. The van der Waals surface area contributed by atoms with E-state index in [1.54, 1.807) is 0 Å². The third kappa shape index (κ3) is 20.6. The molecule has 0 atom stereocenters. The lowest BCUT2D eigenvalue weighted by Gasteiger charge is -2.23. The van der Waals surface area contributed by atoms with Gasteiger partial charge in [0.05, 0.1) is 13.2 Å². The third-order valence-electron chi connectivity index (χ3n) is 5.60. The van der Waals surface area contributed by atoms with Gasteiger partial charge in [-0.3, -0.25) is 9.69 Å². The molecule has 5 heteroatoms. The number of carbonyl (C=O) groups excluding carboxylic acids is 2. The van der Waals surface area contributed by atoms with Crippen LogP contribution in [0.4, 0.5) is 4.79 Å². The molecular weight excluding hydrogens is 402 g/mol. The summed E-state index contributed by atoms with van der Waals surface area (Å²) in [6.07, 6.45) is 19.2. The normalized spacial score (nSPS) is 11.4. The maximum absolute atomic E-state index is 12.1. The fourth-order valence-electron chi connectivity index (χ4n) is 3.54. The summed E-state index contributed by atoms with van der Waals surface area (Å²) in [4.78, 5) is 25.5. The smallest absolute Gasteiger partial charge is 0.410 e. The predicted molar refractivity (Wildman–Crippen MR) is 134 cm³/mol. The molecule has 1 amide bonds. The van der Waals surface area contributed by atoms with Crippen LogP contribution in [0.15, 0.2) is 0 Å². The standard InChI is InChI=1S/C27H53NO4/c1-6-8-9-10-11-12-13-14-15-16-17-18-19-20-21-22-31-25(29)23-28(7-2)26(30)32-24-27(3,4)5/h6-24H2,1-5H3. The Bertz CT molecular complexity index is 459. The summed E-state index contributed by atoms with van der Waals surface area (Å²) in [5, 5.41) is 0. The summed E-state index contributed by atoms with van der Waals surface area (Å²) in [5.41, 5.74) is -0.0941. The van der Waals surface area contributed by atoms with E-state index in [2.05, 4.69) is 6.92 Å². The Kier molecular flexibility index (Phi) is 19.6. The quantitative estimate of drug-likeness (QED) is 0.138. The number of likely N-dealkylation sites (N-methyl/N-ethyl adjacent to an activating group) is 1. The van der Waals surface area contributed by atoms with E-state index in [1.165, 1.54) is 88.4 Å². The number of hydrogen-bond acceptors (Lipinski definition) is 4. The average Bonchev–Trinajstić information content (AvgIpc) is 2.75. The van der Waals surface area contributed by atoms with E-state index in [1.807, 2.05) is 27.7 Å². The molecule has 0 aliphatic heterocycles. The highest BCUT2D eigenvalue weighted by Crippen LogP contribution is 2.14. The molecule has 0 N–H and O–H groups in total. The second-order valence-corrected chi connectivity index (χ2v) is 10.3. The van der Waals surface area contributed by atoms with Crippen molar-refractivity contribution in [3.05, 3.63) is 0 Å². The molecule has 0 aromatic heterocycles. The van der Waals surface area contributed by atoms with Gasteiger partial charge in [-0.05, 0) is 18.8 Å². The molecule has 32 heavy (non-hydrogen) atoms. The van der Waals surface area contributed by atoms with Crippen molar-refractivity contribution in [1.29, 1.82) is 0 Å². The van der Waals surface area contributed by atoms with E-state index < -0.39 is 6.09 Å². The van der Waals surface area contributed by atoms with Gasteiger partial charge in [-0.1, -0.05) is 118 Å². The lowest BCUT2D eigenvalue weighted by molar-refractivity contribution is -0.144. The minimum Gasteiger partial charge on any atom is -0.464 e. The van der Waals surface area contributed by atoms with Gasteiger partial charge >= 0.3 is 12.1 Å². The number of carbonyl (C=O) groups is 2. The Morgan fingerprint density at radius 2 is 1.09 bits per heavy atom. The molecule has 0 aliphatic rings. The van der Waals surface area contributed by atoms with E-state index in [0.29, 0.717) is 19.8 Å². The lowest BCUT2D eigenvalue weighted by atomic mass is 9.99. The number of nitrogens with zero attached hydrogens (tertiary/aromatic N) is 1. The van der Waals surface area contributed by atoms with Gasteiger partial charge in [-0.15, -0.1) is 0 Å². The number of rotatable bonds is 20. The fraction of sp³-hybridized carbons (Fsp3) is 0.926. The average molecular weight is 456 g/mol. The number of esters is 1. The Morgan fingerprint density at radius 1 is 0.656 bits per heavy atom. The Labute approximate surface area is 199 Å². The van der Waals surface area contributed by atoms with E-state index in [4.69, 9.17) is 9.47 Å². The zero-order valence-electron chi connectivity index (χ0n) is 22.0. The van der Waals surface area contributed by atoms with Crippen LogP contribution < -0.4 is 0 Å². The van der Waals surface area contributed by atoms with Crippen LogP contribution in [0.5, 0.6) is 0 Å². The first-order valence-electron chi connectivity index (χ1n) is 13.4. The molecule has 0 aromatic rings. The van der Waals surface area contributed by atoms with Crippen LogP contribution in [-0.4, -0.2) is 43.3 Å². The van der Waals surface area contributed by atoms with E-state index in [-0.39, 0.29) is 17.9 Å². The maximum atomic E-state index is 12.1.